The first-order valence-electron chi connectivity index (χ1n) is 3.61. The third-order valence-electron chi connectivity index (χ3n) is 1.57. The number of aromatic nitrogens is 1. The highest BCUT2D eigenvalue weighted by atomic mass is 16.1. The van der Waals surface area contributed by atoms with Crippen LogP contribution < -0.4 is 11.5 Å². The van der Waals surface area contributed by atoms with E-state index in [1.807, 2.05) is 6.92 Å². The molecule has 0 bridgehead atoms. The van der Waals surface area contributed by atoms with Crippen molar-refractivity contribution in [1.29, 1.82) is 0 Å². The molecule has 0 aliphatic heterocycles. The maximum absolute atomic E-state index is 10.7. The number of rotatable bonds is 2. The third-order valence-corrected chi connectivity index (χ3v) is 1.57. The van der Waals surface area contributed by atoms with Crippen LogP contribution in [0.25, 0.3) is 0 Å². The molecule has 12 heavy (non-hydrogen) atoms. The second-order valence-corrected chi connectivity index (χ2v) is 2.66. The lowest BCUT2D eigenvalue weighted by Gasteiger charge is -2.04. The number of amides is 1. The van der Waals surface area contributed by atoms with Crippen LogP contribution in [0.3, 0.4) is 0 Å². The Balaban J connectivity index is 3.04. The average molecular weight is 165 g/mol. The molecule has 0 aliphatic carbocycles. The molecule has 0 fully saturated rings. The molecule has 0 spiro atoms. The van der Waals surface area contributed by atoms with Gasteiger partial charge in [0.15, 0.2) is 0 Å². The summed E-state index contributed by atoms with van der Waals surface area (Å²) in [6, 6.07) is 1.52. The number of carbonyl (C=O) groups is 1. The van der Waals surface area contributed by atoms with Gasteiger partial charge in [0.1, 0.15) is 0 Å². The van der Waals surface area contributed by atoms with E-state index in [0.717, 1.165) is 5.56 Å². The number of pyridine rings is 1. The molecular weight excluding hydrogens is 154 g/mol. The van der Waals surface area contributed by atoms with Crippen LogP contribution in [-0.2, 0) is 0 Å². The van der Waals surface area contributed by atoms with Crippen LogP contribution in [0, 0.1) is 0 Å². The lowest BCUT2D eigenvalue weighted by molar-refractivity contribution is 0.1000. The topological polar surface area (TPSA) is 82.0 Å². The van der Waals surface area contributed by atoms with E-state index < -0.39 is 5.91 Å². The van der Waals surface area contributed by atoms with Gasteiger partial charge in [-0.05, 0) is 18.6 Å². The first kappa shape index (κ1) is 8.67. The Bertz CT molecular complexity index is 296. The van der Waals surface area contributed by atoms with Crippen LogP contribution in [0.2, 0.25) is 0 Å². The number of nitrogens with two attached hydrogens (primary N) is 2. The summed E-state index contributed by atoms with van der Waals surface area (Å²) in [6.07, 6.45) is 3.05. The fourth-order valence-electron chi connectivity index (χ4n) is 0.841. The van der Waals surface area contributed by atoms with Gasteiger partial charge in [-0.1, -0.05) is 0 Å². The van der Waals surface area contributed by atoms with E-state index in [1.54, 1.807) is 12.3 Å². The van der Waals surface area contributed by atoms with Gasteiger partial charge in [-0.25, -0.2) is 0 Å². The molecule has 1 aromatic heterocycles. The van der Waals surface area contributed by atoms with Crippen molar-refractivity contribution >= 4 is 5.91 Å². The first-order valence-corrected chi connectivity index (χ1v) is 3.61. The van der Waals surface area contributed by atoms with Crippen LogP contribution in [0.1, 0.15) is 28.9 Å². The quantitative estimate of drug-likeness (QED) is 0.656. The summed E-state index contributed by atoms with van der Waals surface area (Å²) in [5, 5.41) is 0. The molecule has 0 aromatic carbocycles. The van der Waals surface area contributed by atoms with Crippen molar-refractivity contribution < 1.29 is 4.79 Å². The number of hydrogen-bond donors (Lipinski definition) is 2. The molecule has 4 nitrogen and oxygen atoms in total. The van der Waals surface area contributed by atoms with Crippen molar-refractivity contribution in [3.05, 3.63) is 29.6 Å². The third kappa shape index (κ3) is 1.79. The Hall–Kier alpha value is -1.42. The highest BCUT2D eigenvalue weighted by Gasteiger charge is 2.04. The first-order chi connectivity index (χ1) is 5.61. The summed E-state index contributed by atoms with van der Waals surface area (Å²) < 4.78 is 0. The van der Waals surface area contributed by atoms with E-state index in [2.05, 4.69) is 4.98 Å². The molecule has 1 heterocycles. The fourth-order valence-corrected chi connectivity index (χ4v) is 0.841. The Kier molecular flexibility index (Phi) is 2.40. The van der Waals surface area contributed by atoms with Crippen LogP contribution >= 0.6 is 0 Å². The van der Waals surface area contributed by atoms with Crippen molar-refractivity contribution in [2.24, 2.45) is 11.5 Å². The van der Waals surface area contributed by atoms with E-state index in [-0.39, 0.29) is 6.04 Å². The van der Waals surface area contributed by atoms with Gasteiger partial charge >= 0.3 is 0 Å². The lowest BCUT2D eigenvalue weighted by Crippen LogP contribution is -2.13. The largest absolute Gasteiger partial charge is 0.366 e. The molecule has 0 saturated carbocycles. The molecule has 1 aromatic rings. The van der Waals surface area contributed by atoms with Gasteiger partial charge in [-0.15, -0.1) is 0 Å². The van der Waals surface area contributed by atoms with Crippen LogP contribution in [0.4, 0.5) is 0 Å². The number of carbonyl (C=O) groups excluding carboxylic acids is 1. The molecule has 1 atom stereocenters. The van der Waals surface area contributed by atoms with Gasteiger partial charge < -0.3 is 11.5 Å². The lowest BCUT2D eigenvalue weighted by atomic mass is 10.1. The van der Waals surface area contributed by atoms with E-state index in [0.29, 0.717) is 5.56 Å². The summed E-state index contributed by atoms with van der Waals surface area (Å²) in [4.78, 5) is 14.6. The normalized spacial score (nSPS) is 12.5. The zero-order valence-corrected chi connectivity index (χ0v) is 6.82. The molecule has 4 N–H and O–H groups in total. The summed E-state index contributed by atoms with van der Waals surface area (Å²) in [7, 11) is 0. The van der Waals surface area contributed by atoms with Gasteiger partial charge in [0, 0.05) is 18.4 Å². The molecule has 0 radical (unpaired) electrons. The predicted octanol–water partition coefficient (Wildman–Crippen LogP) is 0.200. The number of primary amides is 1. The fraction of sp³-hybridized carbons (Fsp3) is 0.250. The predicted molar refractivity (Wildman–Crippen MR) is 45.4 cm³/mol. The SMILES string of the molecule is C[C@@H](N)c1cncc(C(N)=O)c1. The Labute approximate surface area is 70.6 Å². The molecule has 64 valence electrons. The van der Waals surface area contributed by atoms with Gasteiger partial charge in [0.2, 0.25) is 5.91 Å². The summed E-state index contributed by atoms with van der Waals surface area (Å²) in [5.41, 5.74) is 11.9. The van der Waals surface area contributed by atoms with Gasteiger partial charge in [-0.2, -0.15) is 0 Å². The molecule has 0 unspecified atom stereocenters. The van der Waals surface area contributed by atoms with Crippen LogP contribution in [-0.4, -0.2) is 10.9 Å². The highest BCUT2D eigenvalue weighted by Crippen LogP contribution is 2.08. The number of nitrogens with zero attached hydrogens (tertiary/aromatic N) is 1. The minimum atomic E-state index is -0.481. The minimum Gasteiger partial charge on any atom is -0.366 e. The summed E-state index contributed by atoms with van der Waals surface area (Å²) in [5.74, 6) is -0.481. The van der Waals surface area contributed by atoms with Crippen LogP contribution in [0.15, 0.2) is 18.5 Å². The van der Waals surface area contributed by atoms with Gasteiger partial charge in [-0.3, -0.25) is 9.78 Å². The minimum absolute atomic E-state index is 0.128. The summed E-state index contributed by atoms with van der Waals surface area (Å²) >= 11 is 0. The zero-order valence-electron chi connectivity index (χ0n) is 6.82. The van der Waals surface area contributed by atoms with Crippen molar-refractivity contribution in [3.8, 4) is 0 Å². The van der Waals surface area contributed by atoms with Crippen LogP contribution in [0.5, 0.6) is 0 Å². The zero-order chi connectivity index (χ0) is 9.14. The molecular formula is C8H11N3O. The highest BCUT2D eigenvalue weighted by molar-refractivity contribution is 5.92. The van der Waals surface area contributed by atoms with Crippen molar-refractivity contribution in [3.63, 3.8) is 0 Å². The van der Waals surface area contributed by atoms with E-state index in [9.17, 15) is 4.79 Å². The van der Waals surface area contributed by atoms with E-state index >= 15 is 0 Å². The van der Waals surface area contributed by atoms with Crippen molar-refractivity contribution in [2.45, 2.75) is 13.0 Å². The molecule has 1 rings (SSSR count). The monoisotopic (exact) mass is 165 g/mol. The average Bonchev–Trinajstić information content (AvgIpc) is 2.04. The Morgan fingerprint density at radius 3 is 2.75 bits per heavy atom. The summed E-state index contributed by atoms with van der Waals surface area (Å²) in [6.45, 7) is 1.82. The van der Waals surface area contributed by atoms with Gasteiger partial charge in [0.25, 0.3) is 0 Å². The van der Waals surface area contributed by atoms with Gasteiger partial charge in [0.05, 0.1) is 5.56 Å². The van der Waals surface area contributed by atoms with E-state index in [4.69, 9.17) is 11.5 Å². The Morgan fingerprint density at radius 1 is 1.58 bits per heavy atom. The molecule has 1 amide bonds. The van der Waals surface area contributed by atoms with Crippen molar-refractivity contribution in [1.82, 2.24) is 4.98 Å². The maximum Gasteiger partial charge on any atom is 0.250 e. The maximum atomic E-state index is 10.7. The van der Waals surface area contributed by atoms with Crippen molar-refractivity contribution in [2.75, 3.05) is 0 Å². The molecule has 0 saturated heterocycles. The Morgan fingerprint density at radius 2 is 2.25 bits per heavy atom. The second-order valence-electron chi connectivity index (χ2n) is 2.66. The van der Waals surface area contributed by atoms with E-state index in [1.165, 1.54) is 6.20 Å². The number of hydrogen-bond acceptors (Lipinski definition) is 3. The smallest absolute Gasteiger partial charge is 0.250 e. The standard InChI is InChI=1S/C8H11N3O/c1-5(9)6-2-7(8(10)12)4-11-3-6/h2-5H,9H2,1H3,(H2,10,12)/t5-/m1/s1. The second kappa shape index (κ2) is 3.32. The molecule has 0 aliphatic rings. The molecule has 4 heteroatoms.